The number of carbonyl (C=O) groups is 2. The van der Waals surface area contributed by atoms with Crippen LogP contribution in [0.25, 0.3) is 0 Å². The fourth-order valence-corrected chi connectivity index (χ4v) is 3.15. The lowest BCUT2D eigenvalue weighted by atomic mass is 9.80. The zero-order chi connectivity index (χ0) is 21.8. The number of carboxylic acid groups (broad SMARTS) is 1. The fourth-order valence-electron chi connectivity index (χ4n) is 3.15. The van der Waals surface area contributed by atoms with Crippen LogP contribution in [0.1, 0.15) is 20.3 Å². The number of rotatable bonds is 4. The molecule has 1 unspecified atom stereocenters. The zero-order valence-corrected chi connectivity index (χ0v) is 15.9. The van der Waals surface area contributed by atoms with Gasteiger partial charge in [-0.15, -0.1) is 0 Å². The van der Waals surface area contributed by atoms with Gasteiger partial charge in [0, 0.05) is 24.6 Å². The number of carboxylic acids is 1. The number of hydrogen-bond acceptors (Lipinski definition) is 5. The summed E-state index contributed by atoms with van der Waals surface area (Å²) in [5, 5.41) is 7.12. The molecule has 7 nitrogen and oxygen atoms in total. The van der Waals surface area contributed by atoms with E-state index in [1.165, 1.54) is 18.3 Å². The molecule has 11 heteroatoms. The van der Waals surface area contributed by atoms with Gasteiger partial charge in [0.05, 0.1) is 19.7 Å². The quantitative estimate of drug-likeness (QED) is 0.751. The molecule has 3 heterocycles. The molecule has 0 radical (unpaired) electrons. The van der Waals surface area contributed by atoms with Crippen LogP contribution in [0.2, 0.25) is 0 Å². The van der Waals surface area contributed by atoms with E-state index in [4.69, 9.17) is 19.4 Å². The molecule has 0 bridgehead atoms. The molecule has 2 fully saturated rings. The number of likely N-dealkylation sites (tertiary alicyclic amines) is 1. The van der Waals surface area contributed by atoms with Crippen LogP contribution in [0.5, 0.6) is 5.88 Å². The Morgan fingerprint density at radius 3 is 2.55 bits per heavy atom. The van der Waals surface area contributed by atoms with Gasteiger partial charge in [0.2, 0.25) is 11.8 Å². The molecule has 1 spiro atoms. The van der Waals surface area contributed by atoms with Crippen molar-refractivity contribution in [2.75, 3.05) is 26.3 Å². The molecule has 1 amide bonds. The highest BCUT2D eigenvalue weighted by molar-refractivity contribution is 5.79. The Hall–Kier alpha value is -2.43. The number of hydrogen-bond donors (Lipinski definition) is 1. The van der Waals surface area contributed by atoms with Gasteiger partial charge >= 0.3 is 12.1 Å². The van der Waals surface area contributed by atoms with Crippen LogP contribution in [-0.4, -0.2) is 64.9 Å². The van der Waals surface area contributed by atoms with Crippen molar-refractivity contribution in [1.29, 1.82) is 0 Å². The van der Waals surface area contributed by atoms with Crippen molar-refractivity contribution >= 4 is 11.9 Å². The third kappa shape index (κ3) is 5.55. The van der Waals surface area contributed by atoms with Crippen LogP contribution in [0.3, 0.4) is 0 Å². The lowest BCUT2D eigenvalue weighted by Gasteiger charge is -2.50. The van der Waals surface area contributed by atoms with E-state index in [0.717, 1.165) is 6.42 Å². The largest absolute Gasteiger partial charge is 0.490 e. The van der Waals surface area contributed by atoms with Gasteiger partial charge in [0.25, 0.3) is 0 Å². The van der Waals surface area contributed by atoms with Gasteiger partial charge in [-0.3, -0.25) is 4.79 Å². The van der Waals surface area contributed by atoms with Gasteiger partial charge in [-0.05, 0) is 18.6 Å². The molecular weight excluding hydrogens is 400 g/mol. The summed E-state index contributed by atoms with van der Waals surface area (Å²) in [7, 11) is 0. The summed E-state index contributed by atoms with van der Waals surface area (Å²) < 4.78 is 56.7. The second kappa shape index (κ2) is 8.93. The van der Waals surface area contributed by atoms with Crippen LogP contribution in [0.4, 0.5) is 17.6 Å². The maximum absolute atomic E-state index is 13.5. The van der Waals surface area contributed by atoms with Crippen molar-refractivity contribution in [3.8, 4) is 5.88 Å². The predicted octanol–water partition coefficient (Wildman–Crippen LogP) is 2.51. The number of alkyl halides is 3. The molecule has 1 atom stereocenters. The molecule has 2 aliphatic heterocycles. The summed E-state index contributed by atoms with van der Waals surface area (Å²) in [6, 6.07) is 2.86. The molecule has 1 N–H and O–H groups in total. The molecule has 1 aromatic rings. The van der Waals surface area contributed by atoms with Crippen LogP contribution in [-0.2, 0) is 14.3 Å². The van der Waals surface area contributed by atoms with Gasteiger partial charge in [-0.1, -0.05) is 13.8 Å². The van der Waals surface area contributed by atoms with Crippen molar-refractivity contribution in [3.63, 3.8) is 0 Å². The number of amides is 1. The van der Waals surface area contributed by atoms with Crippen LogP contribution in [0, 0.1) is 17.7 Å². The van der Waals surface area contributed by atoms with Crippen LogP contribution >= 0.6 is 0 Å². The van der Waals surface area contributed by atoms with Gasteiger partial charge in [-0.25, -0.2) is 14.2 Å². The number of halogens is 4. The van der Waals surface area contributed by atoms with E-state index in [9.17, 15) is 22.4 Å². The zero-order valence-electron chi connectivity index (χ0n) is 15.9. The average molecular weight is 422 g/mol. The molecule has 162 valence electrons. The Labute approximate surface area is 164 Å². The van der Waals surface area contributed by atoms with Crippen molar-refractivity contribution in [2.24, 2.45) is 11.8 Å². The van der Waals surface area contributed by atoms with E-state index in [-0.39, 0.29) is 29.2 Å². The third-order valence-electron chi connectivity index (χ3n) is 4.71. The lowest BCUT2D eigenvalue weighted by molar-refractivity contribution is -0.192. The molecule has 0 aromatic carbocycles. The lowest BCUT2D eigenvalue weighted by Crippen LogP contribution is -2.67. The Bertz CT molecular complexity index is 735. The Kier molecular flexibility index (Phi) is 7.04. The summed E-state index contributed by atoms with van der Waals surface area (Å²) in [4.78, 5) is 26.6. The minimum Gasteiger partial charge on any atom is -0.475 e. The number of nitrogens with zero attached hydrogens (tertiary/aromatic N) is 2. The summed E-state index contributed by atoms with van der Waals surface area (Å²) >= 11 is 0. The first kappa shape index (κ1) is 22.9. The molecule has 3 rings (SSSR count). The molecule has 1 aromatic heterocycles. The number of ether oxygens (including phenoxy) is 2. The van der Waals surface area contributed by atoms with Crippen molar-refractivity contribution in [2.45, 2.75) is 32.0 Å². The highest BCUT2D eigenvalue weighted by atomic mass is 19.4. The molecular formula is C18H22F4N2O5. The van der Waals surface area contributed by atoms with Crippen molar-refractivity contribution in [3.05, 3.63) is 24.1 Å². The van der Waals surface area contributed by atoms with E-state index in [1.54, 1.807) is 0 Å². The fraction of sp³-hybridized carbons (Fsp3) is 0.611. The monoisotopic (exact) mass is 422 g/mol. The van der Waals surface area contributed by atoms with E-state index < -0.39 is 18.0 Å². The standard InChI is InChI=1S/C16H21FN2O3.C2HF3O2/c1-11(2)15(20)19-9-16(10-19)12(5-7-22-16)8-21-14-13(17)4-3-6-18-14;3-2(4,5)1(6)7/h3-4,6,11-12H,5,7-10H2,1-2H3;(H,6,7). The predicted molar refractivity (Wildman–Crippen MR) is 91.6 cm³/mol. The number of aromatic nitrogens is 1. The summed E-state index contributed by atoms with van der Waals surface area (Å²) in [6.07, 6.45) is -2.72. The Morgan fingerprint density at radius 1 is 1.41 bits per heavy atom. The summed E-state index contributed by atoms with van der Waals surface area (Å²) in [6.45, 7) is 6.01. The summed E-state index contributed by atoms with van der Waals surface area (Å²) in [5.41, 5.74) is -0.324. The van der Waals surface area contributed by atoms with Crippen molar-refractivity contribution in [1.82, 2.24) is 9.88 Å². The van der Waals surface area contributed by atoms with Gasteiger partial charge in [-0.2, -0.15) is 13.2 Å². The van der Waals surface area contributed by atoms with E-state index in [2.05, 4.69) is 4.98 Å². The molecule has 2 saturated heterocycles. The average Bonchev–Trinajstić information content (AvgIpc) is 3.02. The van der Waals surface area contributed by atoms with Crippen LogP contribution < -0.4 is 4.74 Å². The molecule has 29 heavy (non-hydrogen) atoms. The topological polar surface area (TPSA) is 89.0 Å². The van der Waals surface area contributed by atoms with E-state index in [1.807, 2.05) is 18.7 Å². The van der Waals surface area contributed by atoms with Gasteiger partial charge < -0.3 is 19.5 Å². The second-order valence-electron chi connectivity index (χ2n) is 7.15. The number of carbonyl (C=O) groups excluding carboxylic acids is 1. The third-order valence-corrected chi connectivity index (χ3v) is 4.71. The maximum Gasteiger partial charge on any atom is 0.490 e. The second-order valence-corrected chi connectivity index (χ2v) is 7.15. The number of aliphatic carboxylic acids is 1. The normalized spacial score (nSPS) is 20.1. The van der Waals surface area contributed by atoms with E-state index in [0.29, 0.717) is 26.3 Å². The first-order chi connectivity index (χ1) is 13.5. The minimum atomic E-state index is -5.08. The van der Waals surface area contributed by atoms with Gasteiger partial charge in [0.15, 0.2) is 5.82 Å². The highest BCUT2D eigenvalue weighted by Gasteiger charge is 2.54. The van der Waals surface area contributed by atoms with Crippen molar-refractivity contribution < 1.29 is 41.7 Å². The maximum atomic E-state index is 13.5. The SMILES string of the molecule is CC(C)C(=O)N1CC2(C1)OCCC2COc1ncccc1F.O=C(O)C(F)(F)F. The Balaban J connectivity index is 0.000000370. The molecule has 0 aliphatic carbocycles. The first-order valence-corrected chi connectivity index (χ1v) is 8.92. The van der Waals surface area contributed by atoms with Crippen LogP contribution in [0.15, 0.2) is 18.3 Å². The number of pyridine rings is 1. The van der Waals surface area contributed by atoms with E-state index >= 15 is 0 Å². The summed E-state index contributed by atoms with van der Waals surface area (Å²) in [5.74, 6) is -2.88. The first-order valence-electron chi connectivity index (χ1n) is 8.92. The highest BCUT2D eigenvalue weighted by Crippen LogP contribution is 2.40. The smallest absolute Gasteiger partial charge is 0.475 e. The minimum absolute atomic E-state index is 0.00364. The molecule has 2 aliphatic rings. The van der Waals surface area contributed by atoms with Gasteiger partial charge in [0.1, 0.15) is 5.60 Å². The Morgan fingerprint density at radius 2 is 2.03 bits per heavy atom. The molecule has 0 saturated carbocycles.